The van der Waals surface area contributed by atoms with E-state index in [1.54, 1.807) is 16.7 Å². The third-order valence-electron chi connectivity index (χ3n) is 5.00. The third kappa shape index (κ3) is 2.42. The monoisotopic (exact) mass is 348 g/mol. The van der Waals surface area contributed by atoms with Gasteiger partial charge < -0.3 is 19.7 Å². The first-order valence-corrected chi connectivity index (χ1v) is 9.12. The molecule has 3 aliphatic rings. The second-order valence-electron chi connectivity index (χ2n) is 6.61. The molecule has 24 heavy (non-hydrogen) atoms. The Bertz CT molecular complexity index is 710. The zero-order valence-corrected chi connectivity index (χ0v) is 14.5. The lowest BCUT2D eigenvalue weighted by Gasteiger charge is -2.30. The van der Waals surface area contributed by atoms with Crippen LogP contribution in [0.15, 0.2) is 18.2 Å². The summed E-state index contributed by atoms with van der Waals surface area (Å²) in [5, 5.41) is 3.04. The number of hydrogen-bond donors (Lipinski definition) is 1. The maximum absolute atomic E-state index is 12.7. The molecule has 128 valence electrons. The summed E-state index contributed by atoms with van der Waals surface area (Å²) in [6.45, 7) is 4.22. The van der Waals surface area contributed by atoms with Crippen molar-refractivity contribution in [1.82, 2.24) is 10.2 Å². The van der Waals surface area contributed by atoms with Crippen molar-refractivity contribution in [3.63, 3.8) is 0 Å². The number of benzene rings is 1. The van der Waals surface area contributed by atoms with Crippen LogP contribution < -0.4 is 14.8 Å². The number of hydrogen-bond acceptors (Lipinski definition) is 5. The van der Waals surface area contributed by atoms with Gasteiger partial charge in [-0.15, -0.1) is 11.8 Å². The molecule has 6 nitrogen and oxygen atoms in total. The molecule has 1 aromatic carbocycles. The molecule has 3 aliphatic heterocycles. The quantitative estimate of drug-likeness (QED) is 0.905. The number of nitrogens with one attached hydrogen (secondary N) is 1. The predicted octanol–water partition coefficient (Wildman–Crippen LogP) is 2.05. The molecule has 7 heteroatoms. The first-order valence-electron chi connectivity index (χ1n) is 8.14. The van der Waals surface area contributed by atoms with Crippen molar-refractivity contribution in [2.24, 2.45) is 0 Å². The number of carbonyl (C=O) groups excluding carboxylic acids is 2. The minimum atomic E-state index is -0.383. The van der Waals surface area contributed by atoms with Crippen LogP contribution in [0.2, 0.25) is 0 Å². The fraction of sp³-hybridized carbons (Fsp3) is 0.529. The fourth-order valence-corrected chi connectivity index (χ4v) is 5.02. The molecule has 1 N–H and O–H groups in total. The maximum atomic E-state index is 12.7. The van der Waals surface area contributed by atoms with E-state index in [1.807, 2.05) is 25.1 Å². The average Bonchev–Trinajstić information content (AvgIpc) is 3.22. The lowest BCUT2D eigenvalue weighted by atomic mass is 10.1. The highest BCUT2D eigenvalue weighted by Gasteiger charge is 2.52. The van der Waals surface area contributed by atoms with E-state index in [0.717, 1.165) is 17.7 Å². The van der Waals surface area contributed by atoms with Crippen molar-refractivity contribution in [3.8, 4) is 11.5 Å². The van der Waals surface area contributed by atoms with E-state index in [1.165, 1.54) is 0 Å². The molecule has 0 saturated carbocycles. The van der Waals surface area contributed by atoms with E-state index in [0.29, 0.717) is 17.9 Å². The van der Waals surface area contributed by atoms with Crippen molar-refractivity contribution >= 4 is 23.6 Å². The third-order valence-corrected chi connectivity index (χ3v) is 6.51. The number of nitrogens with zero attached hydrogens (tertiary/aromatic N) is 1. The molecule has 0 bridgehead atoms. The summed E-state index contributed by atoms with van der Waals surface area (Å²) in [6, 6.07) is 5.12. The highest BCUT2D eigenvalue weighted by Crippen LogP contribution is 2.47. The summed E-state index contributed by atoms with van der Waals surface area (Å²) in [4.78, 5) is 26.4. The molecule has 2 saturated heterocycles. The van der Waals surface area contributed by atoms with Gasteiger partial charge in [-0.3, -0.25) is 9.59 Å². The van der Waals surface area contributed by atoms with Gasteiger partial charge in [0, 0.05) is 12.2 Å². The van der Waals surface area contributed by atoms with Gasteiger partial charge in [0.05, 0.1) is 10.9 Å². The Morgan fingerprint density at radius 3 is 3.04 bits per heavy atom. The number of carbonyl (C=O) groups is 2. The first-order chi connectivity index (χ1) is 11.5. The number of rotatable bonds is 3. The van der Waals surface area contributed by atoms with E-state index in [2.05, 4.69) is 12.2 Å². The zero-order chi connectivity index (χ0) is 16.9. The average molecular weight is 348 g/mol. The molecule has 4 rings (SSSR count). The lowest BCUT2D eigenvalue weighted by Crippen LogP contribution is -2.50. The van der Waals surface area contributed by atoms with Crippen molar-refractivity contribution in [2.45, 2.75) is 43.6 Å². The molecule has 0 radical (unpaired) electrons. The Labute approximate surface area is 144 Å². The predicted molar refractivity (Wildman–Crippen MR) is 89.9 cm³/mol. The Hall–Kier alpha value is -1.89. The van der Waals surface area contributed by atoms with Gasteiger partial charge in [-0.05, 0) is 38.0 Å². The summed E-state index contributed by atoms with van der Waals surface area (Å²) < 4.78 is 10.7. The Morgan fingerprint density at radius 2 is 2.21 bits per heavy atom. The van der Waals surface area contributed by atoms with E-state index in [4.69, 9.17) is 9.47 Å². The lowest BCUT2D eigenvalue weighted by molar-refractivity contribution is -0.138. The van der Waals surface area contributed by atoms with E-state index in [9.17, 15) is 9.59 Å². The van der Waals surface area contributed by atoms with Crippen LogP contribution in [0.3, 0.4) is 0 Å². The van der Waals surface area contributed by atoms with Gasteiger partial charge >= 0.3 is 0 Å². The van der Waals surface area contributed by atoms with Crippen LogP contribution in [0.25, 0.3) is 0 Å². The number of thioether (sulfide) groups is 1. The van der Waals surface area contributed by atoms with Gasteiger partial charge in [-0.25, -0.2) is 0 Å². The number of amides is 2. The van der Waals surface area contributed by atoms with Gasteiger partial charge in [-0.1, -0.05) is 6.07 Å². The molecule has 3 heterocycles. The van der Waals surface area contributed by atoms with Crippen LogP contribution in [0.5, 0.6) is 11.5 Å². The second-order valence-corrected chi connectivity index (χ2v) is 8.11. The summed E-state index contributed by atoms with van der Waals surface area (Å²) in [6.07, 6.45) is 1.35. The smallest absolute Gasteiger partial charge is 0.244 e. The zero-order valence-electron chi connectivity index (χ0n) is 13.7. The standard InChI is InChI=1S/C17H20N2O4S/c1-10(11-3-4-13-14(7-11)23-9-22-13)18-16(21)12-8-24-17(2)6-5-15(20)19(12)17/h3-4,7,10,12H,5-6,8-9H2,1-2H3,(H,18,21)/t10-,12-,17-/m0/s1. The van der Waals surface area contributed by atoms with Crippen molar-refractivity contribution < 1.29 is 19.1 Å². The largest absolute Gasteiger partial charge is 0.454 e. The molecule has 0 aromatic heterocycles. The van der Waals surface area contributed by atoms with E-state index in [-0.39, 0.29) is 35.6 Å². The Kier molecular flexibility index (Phi) is 3.63. The summed E-state index contributed by atoms with van der Waals surface area (Å²) in [5.41, 5.74) is 0.953. The molecule has 2 amide bonds. The van der Waals surface area contributed by atoms with Crippen molar-refractivity contribution in [2.75, 3.05) is 12.5 Å². The molecule has 0 spiro atoms. The first kappa shape index (κ1) is 15.6. The summed E-state index contributed by atoms with van der Waals surface area (Å²) in [5.74, 6) is 2.07. The SMILES string of the molecule is C[C@H](NC(=O)[C@@H]1CS[C@@]2(C)CCC(=O)N12)c1ccc2c(c1)OCO2. The number of ether oxygens (including phenoxy) is 2. The Morgan fingerprint density at radius 1 is 1.42 bits per heavy atom. The molecule has 2 fully saturated rings. The Balaban J connectivity index is 1.47. The van der Waals surface area contributed by atoms with Gasteiger partial charge in [0.1, 0.15) is 6.04 Å². The van der Waals surface area contributed by atoms with Gasteiger partial charge in [0.25, 0.3) is 0 Å². The van der Waals surface area contributed by atoms with Gasteiger partial charge in [0.2, 0.25) is 18.6 Å². The second kappa shape index (κ2) is 5.58. The minimum absolute atomic E-state index is 0.0818. The molecule has 1 aromatic rings. The molecular weight excluding hydrogens is 328 g/mol. The topological polar surface area (TPSA) is 67.9 Å². The fourth-order valence-electron chi connectivity index (χ4n) is 3.59. The normalized spacial score (nSPS) is 28.8. The van der Waals surface area contributed by atoms with E-state index >= 15 is 0 Å². The summed E-state index contributed by atoms with van der Waals surface area (Å²) >= 11 is 1.70. The highest BCUT2D eigenvalue weighted by molar-refractivity contribution is 8.01. The van der Waals surface area contributed by atoms with Crippen LogP contribution in [-0.2, 0) is 9.59 Å². The number of fused-ring (bicyclic) bond motifs is 2. The van der Waals surface area contributed by atoms with Crippen LogP contribution in [-0.4, -0.2) is 40.2 Å². The van der Waals surface area contributed by atoms with Crippen molar-refractivity contribution in [1.29, 1.82) is 0 Å². The highest BCUT2D eigenvalue weighted by atomic mass is 32.2. The molecular formula is C17H20N2O4S. The van der Waals surface area contributed by atoms with Crippen LogP contribution in [0.1, 0.15) is 38.3 Å². The van der Waals surface area contributed by atoms with Gasteiger partial charge in [0.15, 0.2) is 11.5 Å². The van der Waals surface area contributed by atoms with E-state index < -0.39 is 0 Å². The van der Waals surface area contributed by atoms with Crippen LogP contribution >= 0.6 is 11.8 Å². The maximum Gasteiger partial charge on any atom is 0.244 e. The van der Waals surface area contributed by atoms with Crippen LogP contribution in [0.4, 0.5) is 0 Å². The molecule has 0 aliphatic carbocycles. The van der Waals surface area contributed by atoms with Crippen molar-refractivity contribution in [3.05, 3.63) is 23.8 Å². The van der Waals surface area contributed by atoms with Gasteiger partial charge in [-0.2, -0.15) is 0 Å². The molecule has 3 atom stereocenters. The van der Waals surface area contributed by atoms with Crippen LogP contribution in [0, 0.1) is 0 Å². The molecule has 0 unspecified atom stereocenters. The summed E-state index contributed by atoms with van der Waals surface area (Å²) in [7, 11) is 0. The minimum Gasteiger partial charge on any atom is -0.454 e.